The predicted molar refractivity (Wildman–Crippen MR) is 79.6 cm³/mol. The van der Waals surface area contributed by atoms with Crippen molar-refractivity contribution in [2.45, 2.75) is 37.6 Å². The fourth-order valence-electron chi connectivity index (χ4n) is 3.30. The normalized spacial score (nSPS) is 26.8. The van der Waals surface area contributed by atoms with E-state index >= 15 is 0 Å². The van der Waals surface area contributed by atoms with Crippen LogP contribution in [0.4, 0.5) is 13.2 Å². The summed E-state index contributed by atoms with van der Waals surface area (Å²) in [7, 11) is 1.39. The van der Waals surface area contributed by atoms with Gasteiger partial charge in [-0.3, -0.25) is 4.79 Å². The van der Waals surface area contributed by atoms with Crippen molar-refractivity contribution in [2.24, 2.45) is 11.0 Å². The van der Waals surface area contributed by atoms with Crippen LogP contribution in [-0.2, 0) is 0 Å². The Labute approximate surface area is 136 Å². The molecular formula is C16H17F3N2O3. The van der Waals surface area contributed by atoms with Gasteiger partial charge in [0.25, 0.3) is 11.6 Å². The fourth-order valence-corrected chi connectivity index (χ4v) is 3.30. The molecular weight excluding hydrogens is 325 g/mol. The Kier molecular flexibility index (Phi) is 4.03. The number of fused-ring (bicyclic) bond motifs is 1. The van der Waals surface area contributed by atoms with E-state index in [4.69, 9.17) is 4.74 Å². The monoisotopic (exact) mass is 342 g/mol. The lowest BCUT2D eigenvalue weighted by molar-refractivity contribution is -0.312. The Morgan fingerprint density at radius 3 is 2.83 bits per heavy atom. The van der Waals surface area contributed by atoms with Crippen molar-refractivity contribution >= 4 is 11.6 Å². The van der Waals surface area contributed by atoms with Crippen molar-refractivity contribution in [1.29, 1.82) is 0 Å². The van der Waals surface area contributed by atoms with E-state index in [0.717, 1.165) is 0 Å². The van der Waals surface area contributed by atoms with Gasteiger partial charge in [0.2, 0.25) is 0 Å². The van der Waals surface area contributed by atoms with Crippen LogP contribution in [0.3, 0.4) is 0 Å². The van der Waals surface area contributed by atoms with Gasteiger partial charge < -0.3 is 9.84 Å². The molecule has 3 rings (SSSR count). The van der Waals surface area contributed by atoms with E-state index in [0.29, 0.717) is 25.0 Å². The number of hydrazone groups is 1. The third-order valence-electron chi connectivity index (χ3n) is 4.54. The molecule has 5 nitrogen and oxygen atoms in total. The zero-order valence-corrected chi connectivity index (χ0v) is 13.0. The first-order valence-electron chi connectivity index (χ1n) is 7.64. The van der Waals surface area contributed by atoms with Crippen molar-refractivity contribution in [3.8, 4) is 5.75 Å². The number of methoxy groups -OCH3 is 1. The van der Waals surface area contributed by atoms with Gasteiger partial charge in [0.15, 0.2) is 0 Å². The number of halogens is 3. The SMILES string of the molecule is COc1cccc(C(=O)N2N=C3CCCCC3C2(O)C(F)(F)F)c1. The largest absolute Gasteiger partial charge is 0.497 e. The molecule has 24 heavy (non-hydrogen) atoms. The number of ether oxygens (including phenoxy) is 1. The number of carbonyl (C=O) groups is 1. The second kappa shape index (κ2) is 5.77. The van der Waals surface area contributed by atoms with E-state index in [2.05, 4.69) is 5.10 Å². The highest BCUT2D eigenvalue weighted by Crippen LogP contribution is 2.48. The van der Waals surface area contributed by atoms with Gasteiger partial charge in [-0.05, 0) is 37.5 Å². The van der Waals surface area contributed by atoms with E-state index < -0.39 is 23.7 Å². The van der Waals surface area contributed by atoms with Crippen LogP contribution in [0.5, 0.6) is 5.75 Å². The Bertz CT molecular complexity index is 689. The van der Waals surface area contributed by atoms with Gasteiger partial charge in [-0.2, -0.15) is 23.3 Å². The van der Waals surface area contributed by atoms with E-state index in [1.165, 1.54) is 25.3 Å². The van der Waals surface area contributed by atoms with Crippen LogP contribution >= 0.6 is 0 Å². The molecule has 130 valence electrons. The molecule has 1 aliphatic carbocycles. The molecule has 0 aromatic heterocycles. The lowest BCUT2D eigenvalue weighted by atomic mass is 9.80. The highest BCUT2D eigenvalue weighted by molar-refractivity contribution is 5.99. The number of hydrogen-bond acceptors (Lipinski definition) is 4. The minimum Gasteiger partial charge on any atom is -0.497 e. The fraction of sp³-hybridized carbons (Fsp3) is 0.500. The number of amides is 1. The smallest absolute Gasteiger partial charge is 0.439 e. The summed E-state index contributed by atoms with van der Waals surface area (Å²) in [6.07, 6.45) is -3.25. The average molecular weight is 342 g/mol. The highest BCUT2D eigenvalue weighted by atomic mass is 19.4. The molecule has 8 heteroatoms. The van der Waals surface area contributed by atoms with Gasteiger partial charge in [0.05, 0.1) is 13.0 Å². The van der Waals surface area contributed by atoms with Crippen molar-refractivity contribution in [3.63, 3.8) is 0 Å². The molecule has 1 N–H and O–H groups in total. The summed E-state index contributed by atoms with van der Waals surface area (Å²) in [5, 5.41) is 14.5. The number of benzene rings is 1. The maximum absolute atomic E-state index is 13.6. The van der Waals surface area contributed by atoms with Gasteiger partial charge in [0.1, 0.15) is 5.75 Å². The Balaban J connectivity index is 2.03. The van der Waals surface area contributed by atoms with E-state index in [9.17, 15) is 23.1 Å². The molecule has 0 radical (unpaired) electrons. The van der Waals surface area contributed by atoms with Gasteiger partial charge in [-0.25, -0.2) is 0 Å². The Hall–Kier alpha value is -2.09. The Morgan fingerprint density at radius 1 is 1.42 bits per heavy atom. The van der Waals surface area contributed by atoms with Crippen LogP contribution in [0.25, 0.3) is 0 Å². The van der Waals surface area contributed by atoms with Crippen LogP contribution in [0, 0.1) is 5.92 Å². The zero-order chi connectivity index (χ0) is 17.5. The van der Waals surface area contributed by atoms with Crippen molar-refractivity contribution in [1.82, 2.24) is 5.01 Å². The molecule has 1 fully saturated rings. The topological polar surface area (TPSA) is 62.1 Å². The van der Waals surface area contributed by atoms with Crippen LogP contribution in [0.2, 0.25) is 0 Å². The number of rotatable bonds is 2. The molecule has 1 aliphatic heterocycles. The summed E-state index contributed by atoms with van der Waals surface area (Å²) in [4.78, 5) is 12.6. The molecule has 1 amide bonds. The first kappa shape index (κ1) is 16.8. The molecule has 2 aliphatic rings. The van der Waals surface area contributed by atoms with Gasteiger partial charge >= 0.3 is 6.18 Å². The first-order valence-corrected chi connectivity index (χ1v) is 7.64. The summed E-state index contributed by atoms with van der Waals surface area (Å²) in [6, 6.07) is 5.75. The molecule has 1 aromatic rings. The zero-order valence-electron chi connectivity index (χ0n) is 13.0. The van der Waals surface area contributed by atoms with Crippen LogP contribution in [0.1, 0.15) is 36.0 Å². The summed E-state index contributed by atoms with van der Waals surface area (Å²) in [5.41, 5.74) is -3.10. The lowest BCUT2D eigenvalue weighted by Crippen LogP contribution is -2.61. The van der Waals surface area contributed by atoms with Crippen molar-refractivity contribution < 1.29 is 27.8 Å². The van der Waals surface area contributed by atoms with E-state index in [1.807, 2.05) is 0 Å². The molecule has 1 heterocycles. The summed E-state index contributed by atoms with van der Waals surface area (Å²) in [5.74, 6) is -1.88. The summed E-state index contributed by atoms with van der Waals surface area (Å²) >= 11 is 0. The van der Waals surface area contributed by atoms with Crippen LogP contribution in [0.15, 0.2) is 29.4 Å². The molecule has 1 saturated carbocycles. The number of carbonyl (C=O) groups excluding carboxylic acids is 1. The second-order valence-electron chi connectivity index (χ2n) is 5.96. The first-order chi connectivity index (χ1) is 11.3. The van der Waals surface area contributed by atoms with Gasteiger partial charge in [-0.15, -0.1) is 0 Å². The third-order valence-corrected chi connectivity index (χ3v) is 4.54. The van der Waals surface area contributed by atoms with Crippen LogP contribution in [-0.4, -0.2) is 40.7 Å². The molecule has 2 unspecified atom stereocenters. The maximum atomic E-state index is 13.6. The standard InChI is InChI=1S/C16H17F3N2O3/c1-24-11-6-4-5-10(9-11)14(22)21-15(23,16(17,18)19)12-7-2-3-8-13(12)20-21/h4-6,9,12,23H,2-3,7-8H2,1H3. The maximum Gasteiger partial charge on any atom is 0.439 e. The summed E-state index contributed by atoms with van der Waals surface area (Å²) in [6.45, 7) is 0. The van der Waals surface area contributed by atoms with E-state index in [1.54, 1.807) is 6.07 Å². The predicted octanol–water partition coefficient (Wildman–Crippen LogP) is 2.95. The quantitative estimate of drug-likeness (QED) is 0.899. The molecule has 2 atom stereocenters. The number of nitrogens with zero attached hydrogens (tertiary/aromatic N) is 2. The molecule has 0 bridgehead atoms. The minimum absolute atomic E-state index is 0.0278. The van der Waals surface area contributed by atoms with Gasteiger partial charge in [0, 0.05) is 11.3 Å². The Morgan fingerprint density at radius 2 is 2.17 bits per heavy atom. The second-order valence-corrected chi connectivity index (χ2v) is 5.96. The molecule has 1 aromatic carbocycles. The number of aliphatic hydroxyl groups is 1. The number of alkyl halides is 3. The van der Waals surface area contributed by atoms with E-state index in [-0.39, 0.29) is 22.7 Å². The minimum atomic E-state index is -5.01. The molecule has 0 spiro atoms. The van der Waals surface area contributed by atoms with Crippen LogP contribution < -0.4 is 4.74 Å². The number of hydrogen-bond donors (Lipinski definition) is 1. The van der Waals surface area contributed by atoms with Crippen molar-refractivity contribution in [2.75, 3.05) is 7.11 Å². The lowest BCUT2D eigenvalue weighted by Gasteiger charge is -2.38. The molecule has 0 saturated heterocycles. The van der Waals surface area contributed by atoms with Gasteiger partial charge in [-0.1, -0.05) is 12.5 Å². The highest BCUT2D eigenvalue weighted by Gasteiger charge is 2.68. The van der Waals surface area contributed by atoms with Crippen molar-refractivity contribution in [3.05, 3.63) is 29.8 Å². The average Bonchev–Trinajstić information content (AvgIpc) is 2.88. The summed E-state index contributed by atoms with van der Waals surface area (Å²) < 4.78 is 45.9. The third kappa shape index (κ3) is 2.45.